The number of quaternary nitrogens is 1. The van der Waals surface area contributed by atoms with Crippen molar-refractivity contribution in [2.75, 3.05) is 27.7 Å². The minimum absolute atomic E-state index is 1.12. The van der Waals surface area contributed by atoms with E-state index in [4.69, 9.17) is 19.2 Å². The van der Waals surface area contributed by atoms with Gasteiger partial charge in [0.25, 0.3) is 0 Å². The van der Waals surface area contributed by atoms with Crippen molar-refractivity contribution in [2.45, 2.75) is 110 Å². The molecule has 0 aliphatic heterocycles. The second-order valence-corrected chi connectivity index (χ2v) is 9.86. The van der Waals surface area contributed by atoms with E-state index >= 15 is 0 Å². The van der Waals surface area contributed by atoms with E-state index in [0.29, 0.717) is 0 Å². The summed E-state index contributed by atoms with van der Waals surface area (Å²) in [5, 5.41) is 0. The van der Waals surface area contributed by atoms with E-state index < -0.39 is 7.82 Å². The van der Waals surface area contributed by atoms with Crippen LogP contribution in [0.2, 0.25) is 0 Å². The molecular weight excluding hydrogens is 361 g/mol. The average molecular weight is 411 g/mol. The standard InChI is InChI=1S/C21H46N.H3O4P/c1-5-6-7-8-9-10-11-12-13-14-15-16-17-18-19-20-21-22(2,3)4;1-5(2,3)4/h5-21H2,1-4H3;(H3,1,2,3,4)/q+1;. The van der Waals surface area contributed by atoms with Gasteiger partial charge in [-0.1, -0.05) is 96.8 Å². The summed E-state index contributed by atoms with van der Waals surface area (Å²) in [6, 6.07) is 0. The van der Waals surface area contributed by atoms with E-state index in [-0.39, 0.29) is 0 Å². The smallest absolute Gasteiger partial charge is 0.331 e. The molecule has 0 amide bonds. The Balaban J connectivity index is 0. The van der Waals surface area contributed by atoms with Crippen molar-refractivity contribution >= 4 is 7.82 Å². The maximum absolute atomic E-state index is 8.88. The number of hydrogen-bond donors (Lipinski definition) is 3. The Labute approximate surface area is 169 Å². The molecule has 0 saturated carbocycles. The molecule has 5 nitrogen and oxygen atoms in total. The highest BCUT2D eigenvalue weighted by molar-refractivity contribution is 7.45. The lowest BCUT2D eigenvalue weighted by Gasteiger charge is -2.23. The highest BCUT2D eigenvalue weighted by atomic mass is 31.2. The third-order valence-corrected chi connectivity index (χ3v) is 4.68. The Bertz CT molecular complexity index is 331. The SMILES string of the molecule is CCCCCCCCCCCCCCCCCC[N+](C)(C)C.O=P(O)(O)O. The van der Waals surface area contributed by atoms with Gasteiger partial charge >= 0.3 is 7.82 Å². The zero-order valence-corrected chi connectivity index (χ0v) is 19.6. The van der Waals surface area contributed by atoms with E-state index in [9.17, 15) is 0 Å². The van der Waals surface area contributed by atoms with Crippen LogP contribution in [0, 0.1) is 0 Å². The molecule has 0 aliphatic carbocycles. The van der Waals surface area contributed by atoms with Crippen LogP contribution in [0.1, 0.15) is 110 Å². The highest BCUT2D eigenvalue weighted by Crippen LogP contribution is 2.25. The maximum Gasteiger partial charge on any atom is 0.466 e. The van der Waals surface area contributed by atoms with Crippen molar-refractivity contribution in [2.24, 2.45) is 0 Å². The largest absolute Gasteiger partial charge is 0.466 e. The molecule has 0 heterocycles. The second kappa shape index (κ2) is 19.4. The molecule has 166 valence electrons. The molecule has 0 aromatic heterocycles. The van der Waals surface area contributed by atoms with Gasteiger partial charge in [-0.05, 0) is 12.8 Å². The minimum Gasteiger partial charge on any atom is -0.331 e. The maximum atomic E-state index is 8.88. The summed E-state index contributed by atoms with van der Waals surface area (Å²) in [7, 11) is 2.25. The Morgan fingerprint density at radius 1 is 0.556 bits per heavy atom. The molecular formula is C21H49NO4P+. The number of phosphoric acid groups is 1. The molecule has 0 spiro atoms. The first-order chi connectivity index (χ1) is 12.6. The summed E-state index contributed by atoms with van der Waals surface area (Å²) in [6.45, 7) is 3.63. The number of rotatable bonds is 17. The molecule has 0 aliphatic rings. The van der Waals surface area contributed by atoms with Crippen molar-refractivity contribution in [3.05, 3.63) is 0 Å². The van der Waals surface area contributed by atoms with E-state index in [1.54, 1.807) is 0 Å². The first-order valence-electron chi connectivity index (χ1n) is 11.1. The number of nitrogens with zero attached hydrogens (tertiary/aromatic N) is 1. The summed E-state index contributed by atoms with van der Waals surface area (Å²) in [6.07, 6.45) is 23.4. The normalized spacial score (nSPS) is 12.0. The predicted octanol–water partition coefficient (Wildman–Crippen LogP) is 6.03. The molecule has 6 heteroatoms. The zero-order chi connectivity index (χ0) is 21.0. The lowest BCUT2D eigenvalue weighted by molar-refractivity contribution is -0.870. The topological polar surface area (TPSA) is 77.8 Å². The van der Waals surface area contributed by atoms with Crippen molar-refractivity contribution in [3.63, 3.8) is 0 Å². The van der Waals surface area contributed by atoms with Gasteiger partial charge in [-0.15, -0.1) is 0 Å². The van der Waals surface area contributed by atoms with E-state index in [1.807, 2.05) is 0 Å². The fourth-order valence-corrected chi connectivity index (χ4v) is 3.13. The van der Waals surface area contributed by atoms with Crippen LogP contribution in [0.25, 0.3) is 0 Å². The van der Waals surface area contributed by atoms with Gasteiger partial charge in [0.2, 0.25) is 0 Å². The molecule has 0 bridgehead atoms. The van der Waals surface area contributed by atoms with Crippen molar-refractivity contribution in [1.82, 2.24) is 0 Å². The third-order valence-electron chi connectivity index (χ3n) is 4.68. The first-order valence-corrected chi connectivity index (χ1v) is 12.7. The van der Waals surface area contributed by atoms with Crippen LogP contribution in [0.15, 0.2) is 0 Å². The summed E-state index contributed by atoms with van der Waals surface area (Å²) in [5.74, 6) is 0. The lowest BCUT2D eigenvalue weighted by Crippen LogP contribution is -2.35. The monoisotopic (exact) mass is 410 g/mol. The van der Waals surface area contributed by atoms with Gasteiger partial charge in [0.05, 0.1) is 27.7 Å². The van der Waals surface area contributed by atoms with Crippen LogP contribution in [0.3, 0.4) is 0 Å². The van der Waals surface area contributed by atoms with Crippen LogP contribution < -0.4 is 0 Å². The van der Waals surface area contributed by atoms with Crippen LogP contribution >= 0.6 is 7.82 Å². The molecule has 0 radical (unpaired) electrons. The third kappa shape index (κ3) is 41.5. The Kier molecular flexibility index (Phi) is 21.0. The van der Waals surface area contributed by atoms with Crippen LogP contribution in [-0.2, 0) is 4.57 Å². The fraction of sp³-hybridized carbons (Fsp3) is 1.00. The molecule has 0 unspecified atom stereocenters. The second-order valence-electron chi connectivity index (χ2n) is 8.83. The van der Waals surface area contributed by atoms with Gasteiger partial charge in [-0.25, -0.2) is 4.57 Å². The molecule has 27 heavy (non-hydrogen) atoms. The van der Waals surface area contributed by atoms with Crippen LogP contribution in [-0.4, -0.2) is 46.9 Å². The average Bonchev–Trinajstić information content (AvgIpc) is 2.52. The Morgan fingerprint density at radius 2 is 0.778 bits per heavy atom. The van der Waals surface area contributed by atoms with Crippen LogP contribution in [0.4, 0.5) is 0 Å². The predicted molar refractivity (Wildman–Crippen MR) is 117 cm³/mol. The van der Waals surface area contributed by atoms with Gasteiger partial charge < -0.3 is 19.2 Å². The van der Waals surface area contributed by atoms with Crippen molar-refractivity contribution < 1.29 is 23.7 Å². The Morgan fingerprint density at radius 3 is 1.00 bits per heavy atom. The van der Waals surface area contributed by atoms with Gasteiger partial charge in [-0.3, -0.25) is 0 Å². The highest BCUT2D eigenvalue weighted by Gasteiger charge is 2.05. The molecule has 0 aromatic rings. The quantitative estimate of drug-likeness (QED) is 0.155. The molecule has 0 saturated heterocycles. The van der Waals surface area contributed by atoms with E-state index in [1.165, 1.54) is 109 Å². The number of hydrogen-bond acceptors (Lipinski definition) is 1. The zero-order valence-electron chi connectivity index (χ0n) is 18.7. The van der Waals surface area contributed by atoms with Gasteiger partial charge in [-0.2, -0.15) is 0 Å². The van der Waals surface area contributed by atoms with Crippen molar-refractivity contribution in [3.8, 4) is 0 Å². The fourth-order valence-electron chi connectivity index (χ4n) is 3.13. The Hall–Kier alpha value is 0.0700. The minimum atomic E-state index is -4.64. The van der Waals surface area contributed by atoms with Crippen molar-refractivity contribution in [1.29, 1.82) is 0 Å². The summed E-state index contributed by atoms with van der Waals surface area (Å²) in [5.41, 5.74) is 0. The summed E-state index contributed by atoms with van der Waals surface area (Å²) < 4.78 is 10.0. The lowest BCUT2D eigenvalue weighted by atomic mass is 10.0. The molecule has 0 aromatic carbocycles. The molecule has 0 atom stereocenters. The van der Waals surface area contributed by atoms with Gasteiger partial charge in [0, 0.05) is 0 Å². The molecule has 0 rings (SSSR count). The van der Waals surface area contributed by atoms with E-state index in [0.717, 1.165) is 4.48 Å². The summed E-state index contributed by atoms with van der Waals surface area (Å²) in [4.78, 5) is 21.6. The van der Waals surface area contributed by atoms with Gasteiger partial charge in [0.1, 0.15) is 0 Å². The number of unbranched alkanes of at least 4 members (excludes halogenated alkanes) is 15. The molecule has 0 fully saturated rings. The van der Waals surface area contributed by atoms with Crippen LogP contribution in [0.5, 0.6) is 0 Å². The molecule has 3 N–H and O–H groups in total. The summed E-state index contributed by atoms with van der Waals surface area (Å²) >= 11 is 0. The first kappa shape index (κ1) is 29.3. The van der Waals surface area contributed by atoms with Gasteiger partial charge in [0.15, 0.2) is 0 Å². The van der Waals surface area contributed by atoms with E-state index in [2.05, 4.69) is 28.1 Å².